The summed E-state index contributed by atoms with van der Waals surface area (Å²) in [4.78, 5) is 11.7. The summed E-state index contributed by atoms with van der Waals surface area (Å²) in [5.41, 5.74) is -0.0566. The van der Waals surface area contributed by atoms with Gasteiger partial charge in [0.15, 0.2) is 11.6 Å². The summed E-state index contributed by atoms with van der Waals surface area (Å²) in [6.45, 7) is 2.36. The molecule has 0 aromatic heterocycles. The van der Waals surface area contributed by atoms with Crippen molar-refractivity contribution in [1.82, 2.24) is 5.32 Å². The Morgan fingerprint density at radius 2 is 2.30 bits per heavy atom. The van der Waals surface area contributed by atoms with Gasteiger partial charge in [-0.15, -0.1) is 0 Å². The highest BCUT2D eigenvalue weighted by molar-refractivity contribution is 9.10. The van der Waals surface area contributed by atoms with Crippen molar-refractivity contribution in [1.29, 1.82) is 5.26 Å². The van der Waals surface area contributed by atoms with Gasteiger partial charge in [0.2, 0.25) is 0 Å². The lowest BCUT2D eigenvalue weighted by molar-refractivity contribution is -0.117. The lowest BCUT2D eigenvalue weighted by Crippen LogP contribution is -2.25. The van der Waals surface area contributed by atoms with E-state index in [0.717, 1.165) is 6.42 Å². The van der Waals surface area contributed by atoms with Crippen LogP contribution in [0.5, 0.6) is 5.75 Å². The van der Waals surface area contributed by atoms with E-state index in [2.05, 4.69) is 21.2 Å². The van der Waals surface area contributed by atoms with Crippen LogP contribution in [-0.2, 0) is 4.79 Å². The molecule has 1 aromatic rings. The third-order valence-electron chi connectivity index (χ3n) is 2.50. The largest absolute Gasteiger partial charge is 0.494 e. The summed E-state index contributed by atoms with van der Waals surface area (Å²) in [5, 5.41) is 11.6. The summed E-state index contributed by atoms with van der Waals surface area (Å²) < 4.78 is 19.4. The van der Waals surface area contributed by atoms with Crippen molar-refractivity contribution < 1.29 is 13.9 Å². The molecule has 0 aliphatic carbocycles. The number of ether oxygens (including phenoxy) is 1. The Kier molecular flexibility index (Phi) is 6.19. The lowest BCUT2D eigenvalue weighted by atomic mass is 10.1. The zero-order chi connectivity index (χ0) is 15.1. The van der Waals surface area contributed by atoms with E-state index >= 15 is 0 Å². The first-order valence-corrected chi connectivity index (χ1v) is 6.76. The summed E-state index contributed by atoms with van der Waals surface area (Å²) in [5.74, 6) is -1.10. The van der Waals surface area contributed by atoms with Crippen molar-refractivity contribution in [3.63, 3.8) is 0 Å². The number of carbonyl (C=O) groups excluding carboxylic acids is 1. The zero-order valence-corrected chi connectivity index (χ0v) is 12.8. The predicted molar refractivity (Wildman–Crippen MR) is 77.5 cm³/mol. The van der Waals surface area contributed by atoms with E-state index in [1.807, 2.05) is 6.92 Å². The van der Waals surface area contributed by atoms with Gasteiger partial charge in [0, 0.05) is 16.6 Å². The average Bonchev–Trinajstić information content (AvgIpc) is 2.45. The molecule has 1 amide bonds. The van der Waals surface area contributed by atoms with Crippen LogP contribution in [0.3, 0.4) is 0 Å². The van der Waals surface area contributed by atoms with Crippen molar-refractivity contribution in [3.8, 4) is 11.8 Å². The molecule has 0 saturated carbocycles. The van der Waals surface area contributed by atoms with E-state index in [-0.39, 0.29) is 16.9 Å². The number of rotatable bonds is 5. The Balaban J connectivity index is 3.20. The maximum Gasteiger partial charge on any atom is 0.261 e. The van der Waals surface area contributed by atoms with Gasteiger partial charge in [0.1, 0.15) is 11.6 Å². The molecule has 1 aromatic carbocycles. The second-order valence-electron chi connectivity index (χ2n) is 3.90. The van der Waals surface area contributed by atoms with Crippen LogP contribution in [0, 0.1) is 17.1 Å². The van der Waals surface area contributed by atoms with Gasteiger partial charge in [-0.25, -0.2) is 4.39 Å². The van der Waals surface area contributed by atoms with Crippen LogP contribution in [0.1, 0.15) is 18.9 Å². The number of nitriles is 1. The number of methoxy groups -OCH3 is 1. The quantitative estimate of drug-likeness (QED) is 0.661. The van der Waals surface area contributed by atoms with Crippen molar-refractivity contribution in [2.75, 3.05) is 13.7 Å². The molecule has 0 aliphatic rings. The van der Waals surface area contributed by atoms with E-state index in [1.165, 1.54) is 19.3 Å². The fourth-order valence-electron chi connectivity index (χ4n) is 1.47. The van der Waals surface area contributed by atoms with Crippen molar-refractivity contribution in [2.45, 2.75) is 13.3 Å². The second kappa shape index (κ2) is 7.65. The van der Waals surface area contributed by atoms with Crippen LogP contribution < -0.4 is 10.1 Å². The van der Waals surface area contributed by atoms with Gasteiger partial charge < -0.3 is 10.1 Å². The molecule has 0 saturated heterocycles. The molecular formula is C14H14BrFN2O2. The van der Waals surface area contributed by atoms with Gasteiger partial charge in [-0.05, 0) is 24.6 Å². The summed E-state index contributed by atoms with van der Waals surface area (Å²) in [6, 6.07) is 4.82. The number of hydrogen-bond donors (Lipinski definition) is 1. The zero-order valence-electron chi connectivity index (χ0n) is 11.2. The first-order valence-electron chi connectivity index (χ1n) is 5.97. The number of carbonyl (C=O) groups is 1. The van der Waals surface area contributed by atoms with Gasteiger partial charge in [0.05, 0.1) is 7.11 Å². The molecule has 0 unspecified atom stereocenters. The minimum Gasteiger partial charge on any atom is -0.494 e. The number of hydrogen-bond acceptors (Lipinski definition) is 3. The Hall–Kier alpha value is -1.87. The molecule has 6 heteroatoms. The maximum absolute atomic E-state index is 14.1. The summed E-state index contributed by atoms with van der Waals surface area (Å²) in [6.07, 6.45) is 1.95. The normalized spacial score (nSPS) is 10.8. The fraction of sp³-hybridized carbons (Fsp3) is 0.286. The Bertz CT molecular complexity index is 579. The molecule has 106 valence electrons. The summed E-state index contributed by atoms with van der Waals surface area (Å²) in [7, 11) is 1.35. The molecule has 1 rings (SSSR count). The molecule has 0 aliphatic heterocycles. The number of benzene rings is 1. The molecular weight excluding hydrogens is 327 g/mol. The standard InChI is InChI=1S/C14H14BrFN2O2/c1-3-6-18-14(19)9(8-17)7-10-11(15)4-5-12(20-2)13(10)16/h4-5,7H,3,6H2,1-2H3,(H,18,19)/b9-7+. The van der Waals surface area contributed by atoms with E-state index < -0.39 is 11.7 Å². The minimum atomic E-state index is -0.627. The van der Waals surface area contributed by atoms with Gasteiger partial charge in [0.25, 0.3) is 5.91 Å². The smallest absolute Gasteiger partial charge is 0.261 e. The SMILES string of the molecule is CCCNC(=O)/C(C#N)=C/c1c(Br)ccc(OC)c1F. The molecule has 0 atom stereocenters. The van der Waals surface area contributed by atoms with Gasteiger partial charge in [-0.3, -0.25) is 4.79 Å². The van der Waals surface area contributed by atoms with Crippen molar-refractivity contribution in [3.05, 3.63) is 33.6 Å². The highest BCUT2D eigenvalue weighted by Crippen LogP contribution is 2.29. The first-order chi connectivity index (χ1) is 9.54. The molecule has 4 nitrogen and oxygen atoms in total. The van der Waals surface area contributed by atoms with E-state index in [9.17, 15) is 9.18 Å². The van der Waals surface area contributed by atoms with Crippen LogP contribution in [0.25, 0.3) is 6.08 Å². The average molecular weight is 341 g/mol. The topological polar surface area (TPSA) is 62.1 Å². The Morgan fingerprint density at radius 3 is 2.85 bits per heavy atom. The third-order valence-corrected chi connectivity index (χ3v) is 3.19. The molecule has 20 heavy (non-hydrogen) atoms. The molecule has 0 radical (unpaired) electrons. The maximum atomic E-state index is 14.1. The lowest BCUT2D eigenvalue weighted by Gasteiger charge is -2.07. The molecule has 1 N–H and O–H groups in total. The van der Waals surface area contributed by atoms with Crippen molar-refractivity contribution in [2.24, 2.45) is 0 Å². The molecule has 0 fully saturated rings. The second-order valence-corrected chi connectivity index (χ2v) is 4.76. The third kappa shape index (κ3) is 3.81. The van der Waals surface area contributed by atoms with Crippen LogP contribution in [0.4, 0.5) is 4.39 Å². The number of halogens is 2. The highest BCUT2D eigenvalue weighted by Gasteiger charge is 2.14. The Morgan fingerprint density at radius 1 is 1.60 bits per heavy atom. The molecule has 0 heterocycles. The van der Waals surface area contributed by atoms with Crippen LogP contribution in [0.2, 0.25) is 0 Å². The molecule has 0 bridgehead atoms. The van der Waals surface area contributed by atoms with Gasteiger partial charge >= 0.3 is 0 Å². The summed E-state index contributed by atoms with van der Waals surface area (Å²) >= 11 is 3.19. The van der Waals surface area contributed by atoms with Crippen LogP contribution >= 0.6 is 15.9 Å². The first kappa shape index (κ1) is 16.2. The van der Waals surface area contributed by atoms with Crippen LogP contribution in [0.15, 0.2) is 22.2 Å². The van der Waals surface area contributed by atoms with Crippen LogP contribution in [-0.4, -0.2) is 19.6 Å². The number of amides is 1. The highest BCUT2D eigenvalue weighted by atomic mass is 79.9. The fourth-order valence-corrected chi connectivity index (χ4v) is 1.89. The Labute approximate surface area is 125 Å². The number of nitrogens with zero attached hydrogens (tertiary/aromatic N) is 1. The van der Waals surface area contributed by atoms with Gasteiger partial charge in [-0.1, -0.05) is 22.9 Å². The van der Waals surface area contributed by atoms with E-state index in [0.29, 0.717) is 11.0 Å². The predicted octanol–water partition coefficient (Wildman–Crippen LogP) is 3.03. The minimum absolute atomic E-state index is 0.0470. The van der Waals surface area contributed by atoms with Gasteiger partial charge in [-0.2, -0.15) is 5.26 Å². The monoisotopic (exact) mass is 340 g/mol. The van der Waals surface area contributed by atoms with Crippen molar-refractivity contribution >= 4 is 27.9 Å². The van der Waals surface area contributed by atoms with E-state index in [4.69, 9.17) is 10.00 Å². The van der Waals surface area contributed by atoms with E-state index in [1.54, 1.807) is 12.1 Å². The number of nitrogens with one attached hydrogen (secondary N) is 1. The molecule has 0 spiro atoms.